The molecule has 0 saturated heterocycles. The van der Waals surface area contributed by atoms with Crippen molar-refractivity contribution in [1.82, 2.24) is 0 Å². The third-order valence-electron chi connectivity index (χ3n) is 3.53. The molecule has 1 saturated carbocycles. The summed E-state index contributed by atoms with van der Waals surface area (Å²) in [6, 6.07) is 6.68. The van der Waals surface area contributed by atoms with Crippen LogP contribution in [0.4, 0.5) is 0 Å². The van der Waals surface area contributed by atoms with Gasteiger partial charge in [-0.3, -0.25) is 9.59 Å². The first kappa shape index (κ1) is 11.8. The summed E-state index contributed by atoms with van der Waals surface area (Å²) in [7, 11) is 0. The molecule has 17 heavy (non-hydrogen) atoms. The Bertz CT molecular complexity index is 429. The fraction of sp³-hybridized carbons (Fsp3) is 0.429. The summed E-state index contributed by atoms with van der Waals surface area (Å²) in [6.07, 6.45) is 2.12. The predicted molar refractivity (Wildman–Crippen MR) is 63.8 cm³/mol. The Morgan fingerprint density at radius 3 is 2.18 bits per heavy atom. The minimum absolute atomic E-state index is 0.0434. The molecule has 1 N–H and O–H groups in total. The average molecular weight is 232 g/mol. The van der Waals surface area contributed by atoms with Gasteiger partial charge >= 0.3 is 0 Å². The van der Waals surface area contributed by atoms with Crippen LogP contribution < -0.4 is 0 Å². The molecule has 1 aliphatic rings. The van der Waals surface area contributed by atoms with E-state index < -0.39 is 5.41 Å². The third-order valence-corrected chi connectivity index (χ3v) is 3.53. The molecule has 3 nitrogen and oxygen atoms in total. The number of carbonyl (C=O) groups excluding carboxylic acids is 2. The predicted octanol–water partition coefficient (Wildman–Crippen LogP) is 2.26. The highest BCUT2D eigenvalue weighted by atomic mass is 16.3. The molecule has 0 atom stereocenters. The molecule has 1 aromatic carbocycles. The van der Waals surface area contributed by atoms with Crippen molar-refractivity contribution in [1.29, 1.82) is 0 Å². The maximum Gasteiger partial charge on any atom is 0.146 e. The molecule has 0 spiro atoms. The van der Waals surface area contributed by atoms with Gasteiger partial charge in [-0.15, -0.1) is 0 Å². The van der Waals surface area contributed by atoms with Crippen LogP contribution >= 0.6 is 0 Å². The number of aromatic hydroxyl groups is 1. The van der Waals surface area contributed by atoms with Crippen LogP contribution in [0, 0.1) is 5.41 Å². The number of hydrogen-bond acceptors (Lipinski definition) is 3. The van der Waals surface area contributed by atoms with Crippen molar-refractivity contribution in [2.45, 2.75) is 32.6 Å². The number of rotatable bonds is 2. The summed E-state index contributed by atoms with van der Waals surface area (Å²) in [4.78, 5) is 23.9. The van der Waals surface area contributed by atoms with E-state index in [0.29, 0.717) is 25.7 Å². The van der Waals surface area contributed by atoms with Crippen LogP contribution in [0.1, 0.15) is 31.7 Å². The van der Waals surface area contributed by atoms with Gasteiger partial charge in [0, 0.05) is 12.8 Å². The summed E-state index contributed by atoms with van der Waals surface area (Å²) in [5.41, 5.74) is 0.0452. The number of benzene rings is 1. The van der Waals surface area contributed by atoms with E-state index in [0.717, 1.165) is 5.56 Å². The zero-order chi connectivity index (χ0) is 12.5. The van der Waals surface area contributed by atoms with Gasteiger partial charge in [-0.2, -0.15) is 0 Å². The lowest BCUT2D eigenvalue weighted by Crippen LogP contribution is -2.41. The van der Waals surface area contributed by atoms with Gasteiger partial charge in [-0.1, -0.05) is 12.1 Å². The molecule has 0 heterocycles. The number of Topliss-reactive ketones (excluding diaryl/α,β-unsaturated/α-hetero) is 2. The van der Waals surface area contributed by atoms with Crippen LogP contribution in [0.15, 0.2) is 24.3 Å². The Labute approximate surface area is 100 Å². The molecule has 1 aromatic rings. The number of phenolic OH excluding ortho intramolecular Hbond substituents is 1. The van der Waals surface area contributed by atoms with Crippen molar-refractivity contribution < 1.29 is 14.7 Å². The zero-order valence-electron chi connectivity index (χ0n) is 9.90. The highest BCUT2D eigenvalue weighted by Gasteiger charge is 2.42. The quantitative estimate of drug-likeness (QED) is 0.796. The molecule has 1 aliphatic carbocycles. The van der Waals surface area contributed by atoms with E-state index >= 15 is 0 Å². The Morgan fingerprint density at radius 1 is 1.12 bits per heavy atom. The molecule has 3 heteroatoms. The standard InChI is InChI=1S/C14H16O3/c1-14(12(16)3-2-4-13(14)17)9-10-5-7-11(15)8-6-10/h5-8,15H,2-4,9H2,1H3. The van der Waals surface area contributed by atoms with Gasteiger partial charge in [-0.05, 0) is 37.5 Å². The summed E-state index contributed by atoms with van der Waals surface area (Å²) in [5, 5.41) is 9.20. The number of ketones is 2. The third kappa shape index (κ3) is 2.23. The highest BCUT2D eigenvalue weighted by molar-refractivity contribution is 6.08. The minimum Gasteiger partial charge on any atom is -0.508 e. The average Bonchev–Trinajstić information content (AvgIpc) is 2.30. The monoisotopic (exact) mass is 232 g/mol. The molecular weight excluding hydrogens is 216 g/mol. The van der Waals surface area contributed by atoms with Crippen molar-refractivity contribution >= 4 is 11.6 Å². The first-order chi connectivity index (χ1) is 8.02. The summed E-state index contributed by atoms with van der Waals surface area (Å²) < 4.78 is 0. The summed E-state index contributed by atoms with van der Waals surface area (Å²) in [5.74, 6) is 0.281. The lowest BCUT2D eigenvalue weighted by atomic mass is 9.70. The Kier molecular flexibility index (Phi) is 3.01. The maximum absolute atomic E-state index is 11.9. The second-order valence-electron chi connectivity index (χ2n) is 4.88. The molecule has 0 amide bonds. The maximum atomic E-state index is 11.9. The largest absolute Gasteiger partial charge is 0.508 e. The van der Waals surface area contributed by atoms with Gasteiger partial charge in [-0.25, -0.2) is 0 Å². The Morgan fingerprint density at radius 2 is 1.65 bits per heavy atom. The van der Waals surface area contributed by atoms with Crippen LogP contribution in [-0.2, 0) is 16.0 Å². The van der Waals surface area contributed by atoms with Crippen LogP contribution in [0.3, 0.4) is 0 Å². The SMILES string of the molecule is CC1(Cc2ccc(O)cc2)C(=O)CCCC1=O. The van der Waals surface area contributed by atoms with Gasteiger partial charge in [0.05, 0.1) is 5.41 Å². The molecular formula is C14H16O3. The Hall–Kier alpha value is -1.64. The van der Waals surface area contributed by atoms with Crippen LogP contribution in [0.2, 0.25) is 0 Å². The van der Waals surface area contributed by atoms with E-state index in [1.54, 1.807) is 31.2 Å². The Balaban J connectivity index is 2.23. The van der Waals surface area contributed by atoms with E-state index in [2.05, 4.69) is 0 Å². The van der Waals surface area contributed by atoms with Crippen molar-refractivity contribution in [3.8, 4) is 5.75 Å². The van der Waals surface area contributed by atoms with Crippen LogP contribution in [-0.4, -0.2) is 16.7 Å². The fourth-order valence-electron chi connectivity index (χ4n) is 2.34. The van der Waals surface area contributed by atoms with Gasteiger partial charge in [0.15, 0.2) is 0 Å². The van der Waals surface area contributed by atoms with Crippen LogP contribution in [0.25, 0.3) is 0 Å². The van der Waals surface area contributed by atoms with E-state index in [1.807, 2.05) is 0 Å². The normalized spacial score (nSPS) is 19.4. The van der Waals surface area contributed by atoms with Crippen molar-refractivity contribution in [3.63, 3.8) is 0 Å². The van der Waals surface area contributed by atoms with Crippen molar-refractivity contribution in [3.05, 3.63) is 29.8 Å². The van der Waals surface area contributed by atoms with E-state index in [1.165, 1.54) is 0 Å². The fourth-order valence-corrected chi connectivity index (χ4v) is 2.34. The molecule has 2 rings (SSSR count). The van der Waals surface area contributed by atoms with E-state index in [4.69, 9.17) is 0 Å². The summed E-state index contributed by atoms with van der Waals surface area (Å²) in [6.45, 7) is 1.74. The lowest BCUT2D eigenvalue weighted by Gasteiger charge is -2.30. The van der Waals surface area contributed by atoms with Crippen molar-refractivity contribution in [2.24, 2.45) is 5.41 Å². The second-order valence-corrected chi connectivity index (χ2v) is 4.88. The smallest absolute Gasteiger partial charge is 0.146 e. The van der Waals surface area contributed by atoms with E-state index in [-0.39, 0.29) is 17.3 Å². The summed E-state index contributed by atoms with van der Waals surface area (Å²) >= 11 is 0. The number of hydrogen-bond donors (Lipinski definition) is 1. The molecule has 90 valence electrons. The van der Waals surface area contributed by atoms with Gasteiger partial charge in [0.2, 0.25) is 0 Å². The first-order valence-electron chi connectivity index (χ1n) is 5.87. The van der Waals surface area contributed by atoms with Gasteiger partial charge < -0.3 is 5.11 Å². The molecule has 1 fully saturated rings. The second kappa shape index (κ2) is 4.32. The topological polar surface area (TPSA) is 54.4 Å². The van der Waals surface area contributed by atoms with Gasteiger partial charge in [0.25, 0.3) is 0 Å². The van der Waals surface area contributed by atoms with Crippen LogP contribution in [0.5, 0.6) is 5.75 Å². The molecule has 0 bridgehead atoms. The molecule has 0 aliphatic heterocycles. The number of carbonyl (C=O) groups is 2. The number of phenols is 1. The highest BCUT2D eigenvalue weighted by Crippen LogP contribution is 2.33. The van der Waals surface area contributed by atoms with Crippen molar-refractivity contribution in [2.75, 3.05) is 0 Å². The first-order valence-corrected chi connectivity index (χ1v) is 5.87. The zero-order valence-corrected chi connectivity index (χ0v) is 9.90. The van der Waals surface area contributed by atoms with E-state index in [9.17, 15) is 14.7 Å². The minimum atomic E-state index is -0.866. The lowest BCUT2D eigenvalue weighted by molar-refractivity contribution is -0.142. The molecule has 0 unspecified atom stereocenters. The van der Waals surface area contributed by atoms with Gasteiger partial charge in [0.1, 0.15) is 17.3 Å². The molecule has 0 radical (unpaired) electrons. The molecule has 0 aromatic heterocycles.